The van der Waals surface area contributed by atoms with Gasteiger partial charge in [-0.1, -0.05) is 38.5 Å². The molecule has 1 aromatic carbocycles. The summed E-state index contributed by atoms with van der Waals surface area (Å²) in [6, 6.07) is 6.02. The fraction of sp³-hybridized carbons (Fsp3) is 0.700. The van der Waals surface area contributed by atoms with Crippen molar-refractivity contribution in [2.24, 2.45) is 23.7 Å². The molecular weight excluding hydrogens is 427 g/mol. The van der Waals surface area contributed by atoms with Gasteiger partial charge in [-0.25, -0.2) is 9.18 Å². The van der Waals surface area contributed by atoms with E-state index in [0.717, 1.165) is 68.8 Å². The van der Waals surface area contributed by atoms with Crippen LogP contribution in [-0.4, -0.2) is 24.3 Å². The summed E-state index contributed by atoms with van der Waals surface area (Å²) in [6.07, 6.45) is 13.6. The van der Waals surface area contributed by atoms with Gasteiger partial charge in [-0.3, -0.25) is 0 Å². The first kappa shape index (κ1) is 26.9. The third kappa shape index (κ3) is 7.41. The molecule has 0 saturated heterocycles. The van der Waals surface area contributed by atoms with E-state index in [2.05, 4.69) is 19.6 Å². The van der Waals surface area contributed by atoms with Gasteiger partial charge in [0.1, 0.15) is 5.82 Å². The molecule has 0 bridgehead atoms. The number of halogens is 1. The summed E-state index contributed by atoms with van der Waals surface area (Å²) in [7, 11) is 0. The van der Waals surface area contributed by atoms with Crippen LogP contribution in [0.5, 0.6) is 0 Å². The van der Waals surface area contributed by atoms with Crippen molar-refractivity contribution in [3.63, 3.8) is 0 Å². The lowest BCUT2D eigenvalue weighted by atomic mass is 9.67. The molecule has 34 heavy (non-hydrogen) atoms. The molecular formula is C30H45FO3. The van der Waals surface area contributed by atoms with Gasteiger partial charge < -0.3 is 9.84 Å². The van der Waals surface area contributed by atoms with Crippen LogP contribution in [0.2, 0.25) is 0 Å². The second-order valence-corrected chi connectivity index (χ2v) is 10.9. The Bertz CT molecular complexity index is 788. The van der Waals surface area contributed by atoms with Gasteiger partial charge >= 0.3 is 5.97 Å². The molecule has 1 N–H and O–H groups in total. The average molecular weight is 473 g/mol. The first-order valence-electron chi connectivity index (χ1n) is 13.6. The fourth-order valence-electron chi connectivity index (χ4n) is 6.24. The molecule has 0 aromatic heterocycles. The Morgan fingerprint density at radius 2 is 1.74 bits per heavy atom. The number of hydrogen-bond acceptors (Lipinski definition) is 3. The highest BCUT2D eigenvalue weighted by molar-refractivity contribution is 5.86. The van der Waals surface area contributed by atoms with Gasteiger partial charge in [-0.15, -0.1) is 0 Å². The number of carbonyl (C=O) groups excluding carboxylic acids is 1. The number of benzene rings is 1. The largest absolute Gasteiger partial charge is 0.462 e. The molecule has 0 aliphatic heterocycles. The Morgan fingerprint density at radius 1 is 1.09 bits per heavy atom. The Morgan fingerprint density at radius 3 is 2.29 bits per heavy atom. The smallest absolute Gasteiger partial charge is 0.333 e. The summed E-state index contributed by atoms with van der Waals surface area (Å²) in [5, 5.41) is 9.83. The monoisotopic (exact) mass is 472 g/mol. The summed E-state index contributed by atoms with van der Waals surface area (Å²) in [6.45, 7) is 7.81. The molecule has 2 fully saturated rings. The molecule has 2 saturated carbocycles. The van der Waals surface area contributed by atoms with Crippen molar-refractivity contribution >= 4 is 5.97 Å². The van der Waals surface area contributed by atoms with E-state index in [1.807, 2.05) is 12.1 Å². The second kappa shape index (κ2) is 13.4. The molecule has 0 spiro atoms. The molecule has 1 aromatic rings. The van der Waals surface area contributed by atoms with Crippen LogP contribution in [0.1, 0.15) is 102 Å². The number of aryl methyl sites for hydroxylation is 1. The first-order chi connectivity index (χ1) is 16.4. The van der Waals surface area contributed by atoms with Crippen LogP contribution in [0, 0.1) is 29.5 Å². The highest BCUT2D eigenvalue weighted by Crippen LogP contribution is 2.45. The standard InChI is InChI=1S/C30H45FO3/c1-4-5-6-7-26-16-17-27(18-29(26)31)24-12-8-22(9-13-24)23-10-14-25(15-11-23)28(19-32)20-34-30(33)21(2)3/h16-18,22-25,28,32H,2,4-15,19-20H2,1,3H3. The number of aliphatic hydroxyl groups excluding tert-OH is 1. The molecule has 1 unspecified atom stereocenters. The maximum Gasteiger partial charge on any atom is 0.333 e. The second-order valence-electron chi connectivity index (χ2n) is 10.9. The van der Waals surface area contributed by atoms with Crippen LogP contribution in [0.25, 0.3) is 0 Å². The first-order valence-corrected chi connectivity index (χ1v) is 13.6. The van der Waals surface area contributed by atoms with E-state index in [1.165, 1.54) is 31.2 Å². The lowest BCUT2D eigenvalue weighted by Crippen LogP contribution is -2.31. The summed E-state index contributed by atoms with van der Waals surface area (Å²) < 4.78 is 19.9. The summed E-state index contributed by atoms with van der Waals surface area (Å²) in [5.74, 6) is 2.09. The van der Waals surface area contributed by atoms with Crippen molar-refractivity contribution in [2.45, 2.75) is 96.8 Å². The molecule has 1 atom stereocenters. The minimum atomic E-state index is -0.366. The zero-order valence-corrected chi connectivity index (χ0v) is 21.4. The van der Waals surface area contributed by atoms with Crippen LogP contribution in [0.4, 0.5) is 4.39 Å². The topological polar surface area (TPSA) is 46.5 Å². The molecule has 3 rings (SSSR count). The number of ether oxygens (including phenoxy) is 1. The maximum absolute atomic E-state index is 14.6. The minimum absolute atomic E-state index is 0.0126. The van der Waals surface area contributed by atoms with Crippen molar-refractivity contribution < 1.29 is 19.0 Å². The Labute approximate surface area is 206 Å². The van der Waals surface area contributed by atoms with Crippen LogP contribution >= 0.6 is 0 Å². The van der Waals surface area contributed by atoms with Gasteiger partial charge in [-0.2, -0.15) is 0 Å². The number of hydrogen-bond donors (Lipinski definition) is 1. The molecule has 0 radical (unpaired) electrons. The Balaban J connectivity index is 1.43. The van der Waals surface area contributed by atoms with Gasteiger partial charge in [0.15, 0.2) is 0 Å². The maximum atomic E-state index is 14.6. The SMILES string of the molecule is C=C(C)C(=O)OCC(CO)C1CCC(C2CCC(c3ccc(CCCCC)c(F)c3)CC2)CC1. The molecule has 2 aliphatic carbocycles. The average Bonchev–Trinajstić information content (AvgIpc) is 2.86. The van der Waals surface area contributed by atoms with Crippen molar-refractivity contribution in [2.75, 3.05) is 13.2 Å². The summed E-state index contributed by atoms with van der Waals surface area (Å²) in [4.78, 5) is 11.7. The van der Waals surface area contributed by atoms with E-state index in [-0.39, 0.29) is 30.9 Å². The van der Waals surface area contributed by atoms with Gasteiger partial charge in [0, 0.05) is 18.1 Å². The molecule has 0 amide bonds. The van der Waals surface area contributed by atoms with Crippen LogP contribution in [0.15, 0.2) is 30.4 Å². The third-order valence-corrected chi connectivity index (χ3v) is 8.53. The van der Waals surface area contributed by atoms with E-state index >= 15 is 0 Å². The lowest BCUT2D eigenvalue weighted by Gasteiger charge is -2.39. The molecule has 2 aliphatic rings. The van der Waals surface area contributed by atoms with Crippen molar-refractivity contribution in [3.05, 3.63) is 47.3 Å². The summed E-state index contributed by atoms with van der Waals surface area (Å²) in [5.41, 5.74) is 2.47. The number of esters is 1. The summed E-state index contributed by atoms with van der Waals surface area (Å²) >= 11 is 0. The zero-order chi connectivity index (χ0) is 24.5. The molecule has 4 heteroatoms. The fourth-order valence-corrected chi connectivity index (χ4v) is 6.24. The van der Waals surface area contributed by atoms with Gasteiger partial charge in [0.05, 0.1) is 6.61 Å². The van der Waals surface area contributed by atoms with Crippen LogP contribution in [-0.2, 0) is 16.0 Å². The van der Waals surface area contributed by atoms with E-state index in [9.17, 15) is 14.3 Å². The molecule has 190 valence electrons. The van der Waals surface area contributed by atoms with Crippen molar-refractivity contribution in [1.29, 1.82) is 0 Å². The Kier molecular flexibility index (Phi) is 10.6. The highest BCUT2D eigenvalue weighted by Gasteiger charge is 2.34. The molecule has 3 nitrogen and oxygen atoms in total. The minimum Gasteiger partial charge on any atom is -0.462 e. The number of carbonyl (C=O) groups is 1. The zero-order valence-electron chi connectivity index (χ0n) is 21.4. The van der Waals surface area contributed by atoms with Crippen LogP contribution in [0.3, 0.4) is 0 Å². The van der Waals surface area contributed by atoms with Crippen molar-refractivity contribution in [1.82, 2.24) is 0 Å². The van der Waals surface area contributed by atoms with E-state index < -0.39 is 0 Å². The highest BCUT2D eigenvalue weighted by atomic mass is 19.1. The van der Waals surface area contributed by atoms with Crippen molar-refractivity contribution in [3.8, 4) is 0 Å². The van der Waals surface area contributed by atoms with E-state index in [1.54, 1.807) is 6.92 Å². The lowest BCUT2D eigenvalue weighted by molar-refractivity contribution is -0.141. The van der Waals surface area contributed by atoms with E-state index in [0.29, 0.717) is 17.4 Å². The quantitative estimate of drug-likeness (QED) is 0.208. The number of aliphatic hydroxyl groups is 1. The van der Waals surface area contributed by atoms with Crippen LogP contribution < -0.4 is 0 Å². The van der Waals surface area contributed by atoms with E-state index in [4.69, 9.17) is 4.74 Å². The predicted octanol–water partition coefficient (Wildman–Crippen LogP) is 7.37. The molecule has 0 heterocycles. The predicted molar refractivity (Wildman–Crippen MR) is 136 cm³/mol. The van der Waals surface area contributed by atoms with Gasteiger partial charge in [0.25, 0.3) is 0 Å². The normalized spacial score (nSPS) is 26.1. The number of unbranched alkanes of at least 4 members (excludes halogenated alkanes) is 2. The van der Waals surface area contributed by atoms with Gasteiger partial charge in [0.2, 0.25) is 0 Å². The van der Waals surface area contributed by atoms with Gasteiger partial charge in [-0.05, 0) is 112 Å². The number of rotatable bonds is 11. The third-order valence-electron chi connectivity index (χ3n) is 8.53. The Hall–Kier alpha value is -1.68.